The number of hydrogen-bond donors (Lipinski definition) is 4. The molecule has 1 atom stereocenters. The normalized spacial score (nSPS) is 12.0. The van der Waals surface area contributed by atoms with Crippen molar-refractivity contribution in [3.05, 3.63) is 54.9 Å². The molecular formula is C17H16Br3NO4. The first kappa shape index (κ1) is 20.2. The van der Waals surface area contributed by atoms with Gasteiger partial charge in [-0.25, -0.2) is 0 Å². The number of phenols is 2. The smallest absolute Gasteiger partial charge is 0.249 e. The molecule has 0 aromatic heterocycles. The monoisotopic (exact) mass is 535 g/mol. The van der Waals surface area contributed by atoms with E-state index in [0.717, 1.165) is 5.56 Å². The molecule has 4 N–H and O–H groups in total. The number of rotatable bonds is 6. The van der Waals surface area contributed by atoms with Crippen LogP contribution in [0.15, 0.2) is 43.7 Å². The number of phenolic OH excluding ortho intramolecular Hbond substituents is 2. The van der Waals surface area contributed by atoms with Crippen LogP contribution in [0.5, 0.6) is 11.5 Å². The van der Waals surface area contributed by atoms with Gasteiger partial charge in [0.15, 0.2) is 0 Å². The van der Waals surface area contributed by atoms with Gasteiger partial charge in [0.1, 0.15) is 17.6 Å². The fraction of sp³-hybridized carbons (Fsp3) is 0.235. The molecule has 0 bridgehead atoms. The maximum Gasteiger partial charge on any atom is 0.249 e. The largest absolute Gasteiger partial charge is 0.507 e. The van der Waals surface area contributed by atoms with Crippen LogP contribution in [0, 0.1) is 0 Å². The Morgan fingerprint density at radius 1 is 1.00 bits per heavy atom. The van der Waals surface area contributed by atoms with Crippen LogP contribution in [0.3, 0.4) is 0 Å². The Kier molecular flexibility index (Phi) is 7.30. The first-order valence-corrected chi connectivity index (χ1v) is 9.76. The summed E-state index contributed by atoms with van der Waals surface area (Å²) in [5, 5.41) is 31.9. The fourth-order valence-electron chi connectivity index (χ4n) is 2.21. The Morgan fingerprint density at radius 2 is 1.60 bits per heavy atom. The molecule has 1 amide bonds. The maximum atomic E-state index is 12.0. The number of benzene rings is 2. The van der Waals surface area contributed by atoms with Crippen molar-refractivity contribution in [2.24, 2.45) is 0 Å². The van der Waals surface area contributed by atoms with Crippen molar-refractivity contribution in [1.29, 1.82) is 0 Å². The predicted molar refractivity (Wildman–Crippen MR) is 106 cm³/mol. The number of aromatic hydroxyl groups is 2. The van der Waals surface area contributed by atoms with E-state index in [9.17, 15) is 20.1 Å². The molecular weight excluding hydrogens is 522 g/mol. The van der Waals surface area contributed by atoms with Crippen LogP contribution in [0.25, 0.3) is 0 Å². The minimum Gasteiger partial charge on any atom is -0.507 e. The fourth-order valence-corrected chi connectivity index (χ4v) is 3.91. The highest BCUT2D eigenvalue weighted by Crippen LogP contribution is 2.33. The Bertz CT molecular complexity index is 759. The summed E-state index contributed by atoms with van der Waals surface area (Å²) in [6, 6.07) is 8.45. The predicted octanol–water partition coefficient (Wildman–Crippen LogP) is 3.65. The summed E-state index contributed by atoms with van der Waals surface area (Å²) in [4.78, 5) is 12.0. The van der Waals surface area contributed by atoms with Gasteiger partial charge >= 0.3 is 0 Å². The van der Waals surface area contributed by atoms with E-state index in [-0.39, 0.29) is 17.9 Å². The number of amides is 1. The molecule has 0 fully saturated rings. The van der Waals surface area contributed by atoms with Gasteiger partial charge in [0, 0.05) is 13.0 Å². The molecule has 8 heteroatoms. The van der Waals surface area contributed by atoms with Crippen LogP contribution >= 0.6 is 47.8 Å². The average molecular weight is 538 g/mol. The van der Waals surface area contributed by atoms with Crippen LogP contribution in [0.2, 0.25) is 0 Å². The molecule has 0 aliphatic rings. The summed E-state index contributed by atoms with van der Waals surface area (Å²) in [6.07, 6.45) is -0.475. The van der Waals surface area contributed by atoms with Gasteiger partial charge < -0.3 is 20.6 Å². The summed E-state index contributed by atoms with van der Waals surface area (Å²) in [5.41, 5.74) is 1.66. The number of halogens is 3. The Morgan fingerprint density at radius 3 is 2.20 bits per heavy atom. The van der Waals surface area contributed by atoms with Crippen molar-refractivity contribution in [2.45, 2.75) is 18.9 Å². The van der Waals surface area contributed by atoms with E-state index in [0.29, 0.717) is 31.9 Å². The van der Waals surface area contributed by atoms with Gasteiger partial charge in [-0.15, -0.1) is 0 Å². The average Bonchev–Trinajstić information content (AvgIpc) is 2.55. The third-order valence-corrected chi connectivity index (χ3v) is 5.38. The number of nitrogens with one attached hydrogen (secondary N) is 1. The minimum absolute atomic E-state index is 0.0720. The van der Waals surface area contributed by atoms with E-state index in [1.54, 1.807) is 30.3 Å². The lowest BCUT2D eigenvalue weighted by atomic mass is 10.1. The van der Waals surface area contributed by atoms with E-state index in [1.165, 1.54) is 0 Å². The molecule has 25 heavy (non-hydrogen) atoms. The van der Waals surface area contributed by atoms with Crippen LogP contribution < -0.4 is 5.32 Å². The van der Waals surface area contributed by atoms with Crippen LogP contribution in [0.1, 0.15) is 11.1 Å². The van der Waals surface area contributed by atoms with E-state index in [2.05, 4.69) is 53.1 Å². The molecule has 0 saturated heterocycles. The van der Waals surface area contributed by atoms with Gasteiger partial charge in [-0.2, -0.15) is 0 Å². The van der Waals surface area contributed by atoms with Crippen molar-refractivity contribution in [1.82, 2.24) is 5.32 Å². The molecule has 2 rings (SSSR count). The molecule has 5 nitrogen and oxygen atoms in total. The van der Waals surface area contributed by atoms with Crippen molar-refractivity contribution < 1.29 is 20.1 Å². The summed E-state index contributed by atoms with van der Waals surface area (Å²) in [5.74, 6) is -0.227. The standard InChI is InChI=1S/C17H16Br3NO4/c18-11-5-9(1-2-14(11)22)3-4-21-17(25)15(23)8-10-6-12(19)16(24)13(20)7-10/h1-2,5-7,15,22-24H,3-4,8H2,(H,21,25). The number of hydrogen-bond acceptors (Lipinski definition) is 4. The summed E-state index contributed by atoms with van der Waals surface area (Å²) < 4.78 is 1.57. The maximum absolute atomic E-state index is 12.0. The number of aliphatic hydroxyl groups is 1. The molecule has 134 valence electrons. The van der Waals surface area contributed by atoms with Crippen molar-refractivity contribution >= 4 is 53.7 Å². The zero-order valence-electron chi connectivity index (χ0n) is 13.0. The van der Waals surface area contributed by atoms with E-state index in [4.69, 9.17) is 0 Å². The van der Waals surface area contributed by atoms with Crippen molar-refractivity contribution in [3.8, 4) is 11.5 Å². The van der Waals surface area contributed by atoms with E-state index in [1.807, 2.05) is 0 Å². The molecule has 0 aliphatic heterocycles. The highest BCUT2D eigenvalue weighted by atomic mass is 79.9. The molecule has 0 spiro atoms. The molecule has 1 unspecified atom stereocenters. The highest BCUT2D eigenvalue weighted by Gasteiger charge is 2.17. The van der Waals surface area contributed by atoms with Crippen LogP contribution in [0.4, 0.5) is 0 Å². The highest BCUT2D eigenvalue weighted by molar-refractivity contribution is 9.11. The quantitative estimate of drug-likeness (QED) is 0.453. The van der Waals surface area contributed by atoms with Crippen molar-refractivity contribution in [3.63, 3.8) is 0 Å². The summed E-state index contributed by atoms with van der Waals surface area (Å²) >= 11 is 9.68. The number of aliphatic hydroxyl groups excluding tert-OH is 1. The second-order valence-corrected chi connectivity index (χ2v) is 8.02. The first-order valence-electron chi connectivity index (χ1n) is 7.38. The van der Waals surface area contributed by atoms with Gasteiger partial charge in [0.25, 0.3) is 0 Å². The third kappa shape index (κ3) is 5.70. The Hall–Kier alpha value is -1.09. The van der Waals surface area contributed by atoms with Gasteiger partial charge in [0.2, 0.25) is 5.91 Å². The van der Waals surface area contributed by atoms with Gasteiger partial charge in [0.05, 0.1) is 13.4 Å². The first-order chi connectivity index (χ1) is 11.8. The zero-order chi connectivity index (χ0) is 18.6. The molecule has 0 radical (unpaired) electrons. The van der Waals surface area contributed by atoms with Crippen LogP contribution in [-0.2, 0) is 17.6 Å². The molecule has 2 aromatic rings. The van der Waals surface area contributed by atoms with Gasteiger partial charge in [-0.3, -0.25) is 4.79 Å². The molecule has 0 saturated carbocycles. The number of carbonyl (C=O) groups excluding carboxylic acids is 1. The van der Waals surface area contributed by atoms with Gasteiger partial charge in [-0.05, 0) is 89.6 Å². The Labute approximate surface area is 170 Å². The summed E-state index contributed by atoms with van der Waals surface area (Å²) in [7, 11) is 0. The number of carbonyl (C=O) groups is 1. The molecule has 2 aromatic carbocycles. The second-order valence-electron chi connectivity index (χ2n) is 5.45. The van der Waals surface area contributed by atoms with Gasteiger partial charge in [-0.1, -0.05) is 6.07 Å². The van der Waals surface area contributed by atoms with E-state index < -0.39 is 12.0 Å². The third-order valence-electron chi connectivity index (χ3n) is 3.53. The van der Waals surface area contributed by atoms with Crippen molar-refractivity contribution in [2.75, 3.05) is 6.54 Å². The molecule has 0 aliphatic carbocycles. The lowest BCUT2D eigenvalue weighted by molar-refractivity contribution is -0.129. The topological polar surface area (TPSA) is 89.8 Å². The molecule has 0 heterocycles. The lowest BCUT2D eigenvalue weighted by Crippen LogP contribution is -2.37. The van der Waals surface area contributed by atoms with Crippen LogP contribution in [-0.4, -0.2) is 33.9 Å². The minimum atomic E-state index is -1.19. The Balaban J connectivity index is 1.87. The zero-order valence-corrected chi connectivity index (χ0v) is 17.7. The second kappa shape index (κ2) is 9.02. The lowest BCUT2D eigenvalue weighted by Gasteiger charge is -2.13. The SMILES string of the molecule is O=C(NCCc1ccc(O)c(Br)c1)C(O)Cc1cc(Br)c(O)c(Br)c1. The summed E-state index contributed by atoms with van der Waals surface area (Å²) in [6.45, 7) is 0.371. The van der Waals surface area contributed by atoms with E-state index >= 15 is 0 Å².